The van der Waals surface area contributed by atoms with Crippen LogP contribution in [0.4, 0.5) is 0 Å². The average molecular weight is 371 g/mol. The highest BCUT2D eigenvalue weighted by atomic mass is 32.2. The number of thiophene rings is 1. The molecule has 0 spiro atoms. The molecule has 0 bridgehead atoms. The Morgan fingerprint density at radius 2 is 2.04 bits per heavy atom. The van der Waals surface area contributed by atoms with Crippen molar-refractivity contribution >= 4 is 21.4 Å². The molecule has 2 aromatic rings. The Bertz CT molecular complexity index is 732. The van der Waals surface area contributed by atoms with E-state index in [0.717, 1.165) is 18.0 Å². The number of rotatable bonds is 9. The van der Waals surface area contributed by atoms with Crippen LogP contribution in [-0.2, 0) is 10.0 Å². The molecular weight excluding hydrogens is 344 g/mol. The van der Waals surface area contributed by atoms with E-state index in [-0.39, 0.29) is 10.9 Å². The number of hydrogen-bond acceptors (Lipinski definition) is 5. The van der Waals surface area contributed by atoms with E-state index < -0.39 is 10.0 Å². The second kappa shape index (κ2) is 8.24. The minimum atomic E-state index is -3.60. The fourth-order valence-electron chi connectivity index (χ4n) is 2.38. The van der Waals surface area contributed by atoms with Crippen molar-refractivity contribution in [3.8, 4) is 10.6 Å². The van der Waals surface area contributed by atoms with Crippen molar-refractivity contribution in [1.29, 1.82) is 0 Å². The minimum Gasteiger partial charge on any atom is -0.303 e. The first-order valence-electron chi connectivity index (χ1n) is 8.24. The van der Waals surface area contributed by atoms with Crippen LogP contribution in [0.15, 0.2) is 28.6 Å². The summed E-state index contributed by atoms with van der Waals surface area (Å²) in [5.74, 6) is 0. The van der Waals surface area contributed by atoms with Gasteiger partial charge in [-0.15, -0.1) is 11.3 Å². The number of sulfonamides is 1. The van der Waals surface area contributed by atoms with Crippen molar-refractivity contribution in [3.63, 3.8) is 0 Å². The first-order valence-corrected chi connectivity index (χ1v) is 10.6. The molecule has 2 rings (SSSR count). The number of likely N-dealkylation sites (N-methyl/N-ethyl adjacent to an activating group) is 1. The highest BCUT2D eigenvalue weighted by molar-refractivity contribution is 7.89. The topological polar surface area (TPSA) is 67.2 Å². The third kappa shape index (κ3) is 4.44. The lowest BCUT2D eigenvalue weighted by atomic mass is 10.3. The van der Waals surface area contributed by atoms with Crippen molar-refractivity contribution in [3.05, 3.63) is 23.7 Å². The van der Waals surface area contributed by atoms with Crippen molar-refractivity contribution in [2.24, 2.45) is 0 Å². The van der Waals surface area contributed by atoms with Gasteiger partial charge < -0.3 is 4.90 Å². The number of nitrogens with one attached hydrogen (secondary N) is 1. The number of nitrogens with zero attached hydrogens (tertiary/aromatic N) is 3. The lowest BCUT2D eigenvalue weighted by Crippen LogP contribution is -2.34. The maximum atomic E-state index is 12.8. The van der Waals surface area contributed by atoms with Crippen LogP contribution in [-0.4, -0.2) is 49.3 Å². The van der Waals surface area contributed by atoms with Crippen LogP contribution in [0.2, 0.25) is 0 Å². The Labute approximate surface area is 148 Å². The molecule has 2 heterocycles. The maximum Gasteiger partial charge on any atom is 0.244 e. The van der Waals surface area contributed by atoms with Crippen LogP contribution < -0.4 is 4.72 Å². The smallest absolute Gasteiger partial charge is 0.244 e. The van der Waals surface area contributed by atoms with Crippen LogP contribution >= 0.6 is 11.3 Å². The van der Waals surface area contributed by atoms with E-state index in [1.807, 2.05) is 31.4 Å². The Morgan fingerprint density at radius 1 is 1.33 bits per heavy atom. The van der Waals surface area contributed by atoms with Gasteiger partial charge in [-0.05, 0) is 38.4 Å². The van der Waals surface area contributed by atoms with Gasteiger partial charge in [0.2, 0.25) is 10.0 Å². The van der Waals surface area contributed by atoms with Gasteiger partial charge in [0.05, 0.1) is 4.88 Å². The zero-order valence-electron chi connectivity index (χ0n) is 14.7. The fraction of sp³-hybridized carbons (Fsp3) is 0.562. The summed E-state index contributed by atoms with van der Waals surface area (Å²) in [4.78, 5) is 3.29. The molecule has 0 unspecified atom stereocenters. The predicted octanol–water partition coefficient (Wildman–Crippen LogP) is 2.81. The van der Waals surface area contributed by atoms with Crippen LogP contribution in [0, 0.1) is 0 Å². The van der Waals surface area contributed by atoms with Crippen molar-refractivity contribution in [2.75, 3.05) is 26.2 Å². The molecule has 6 nitrogen and oxygen atoms in total. The molecule has 2 aromatic heterocycles. The quantitative estimate of drug-likeness (QED) is 0.737. The summed E-state index contributed by atoms with van der Waals surface area (Å²) in [6, 6.07) is 3.90. The highest BCUT2D eigenvalue weighted by Crippen LogP contribution is 2.30. The third-order valence-corrected chi connectivity index (χ3v) is 6.22. The second-order valence-electron chi connectivity index (χ2n) is 5.82. The molecular formula is C16H26N4O2S2. The van der Waals surface area contributed by atoms with Crippen LogP contribution in [0.5, 0.6) is 0 Å². The molecule has 0 atom stereocenters. The monoisotopic (exact) mass is 370 g/mol. The number of hydrogen-bond donors (Lipinski definition) is 1. The van der Waals surface area contributed by atoms with Gasteiger partial charge >= 0.3 is 0 Å². The summed E-state index contributed by atoms with van der Waals surface area (Å²) in [5.41, 5.74) is 0.522. The first kappa shape index (κ1) is 19.1. The first-order chi connectivity index (χ1) is 11.4. The largest absolute Gasteiger partial charge is 0.303 e. The lowest BCUT2D eigenvalue weighted by Gasteiger charge is -2.17. The highest BCUT2D eigenvalue weighted by Gasteiger charge is 2.24. The molecule has 8 heteroatoms. The SMILES string of the molecule is CCN(CC)CCNS(=O)(=O)c1cn(C(C)C)nc1-c1cccs1. The van der Waals surface area contributed by atoms with Gasteiger partial charge in [-0.1, -0.05) is 19.9 Å². The van der Waals surface area contributed by atoms with Gasteiger partial charge in [-0.3, -0.25) is 4.68 Å². The Hall–Kier alpha value is -1.22. The summed E-state index contributed by atoms with van der Waals surface area (Å²) in [6.07, 6.45) is 1.62. The van der Waals surface area contributed by atoms with Gasteiger partial charge in [-0.2, -0.15) is 5.10 Å². The maximum absolute atomic E-state index is 12.8. The molecule has 0 aliphatic heterocycles. The van der Waals surface area contributed by atoms with E-state index in [2.05, 4.69) is 28.6 Å². The van der Waals surface area contributed by atoms with Gasteiger partial charge in [0.1, 0.15) is 10.6 Å². The molecule has 0 saturated heterocycles. The summed E-state index contributed by atoms with van der Waals surface area (Å²) in [6.45, 7) is 11.0. The average Bonchev–Trinajstić information content (AvgIpc) is 3.19. The van der Waals surface area contributed by atoms with Crippen LogP contribution in [0.25, 0.3) is 10.6 Å². The van der Waals surface area contributed by atoms with E-state index in [1.165, 1.54) is 11.3 Å². The zero-order chi connectivity index (χ0) is 17.7. The van der Waals surface area contributed by atoms with E-state index in [1.54, 1.807) is 10.9 Å². The normalized spacial score (nSPS) is 12.4. The molecule has 134 valence electrons. The lowest BCUT2D eigenvalue weighted by molar-refractivity contribution is 0.309. The summed E-state index contributed by atoms with van der Waals surface area (Å²) < 4.78 is 29.9. The Kier molecular flexibility index (Phi) is 6.56. The summed E-state index contributed by atoms with van der Waals surface area (Å²) in [7, 11) is -3.60. The molecule has 0 aliphatic carbocycles. The predicted molar refractivity (Wildman–Crippen MR) is 98.9 cm³/mol. The van der Waals surface area contributed by atoms with E-state index >= 15 is 0 Å². The van der Waals surface area contributed by atoms with Crippen LogP contribution in [0.1, 0.15) is 33.7 Å². The second-order valence-corrected chi connectivity index (χ2v) is 8.50. The summed E-state index contributed by atoms with van der Waals surface area (Å²) in [5, 5.41) is 6.42. The molecule has 0 radical (unpaired) electrons. The Morgan fingerprint density at radius 3 is 2.58 bits per heavy atom. The molecule has 24 heavy (non-hydrogen) atoms. The zero-order valence-corrected chi connectivity index (χ0v) is 16.3. The van der Waals surface area contributed by atoms with Gasteiger partial charge in [0.15, 0.2) is 0 Å². The fourth-order valence-corrected chi connectivity index (χ4v) is 4.33. The van der Waals surface area contributed by atoms with Crippen molar-refractivity contribution < 1.29 is 8.42 Å². The molecule has 0 saturated carbocycles. The third-order valence-electron chi connectivity index (χ3n) is 3.89. The van der Waals surface area contributed by atoms with Crippen molar-refractivity contribution in [1.82, 2.24) is 19.4 Å². The van der Waals surface area contributed by atoms with E-state index in [4.69, 9.17) is 0 Å². The molecule has 0 fully saturated rings. The minimum absolute atomic E-state index is 0.100. The van der Waals surface area contributed by atoms with Gasteiger partial charge in [0.25, 0.3) is 0 Å². The summed E-state index contributed by atoms with van der Waals surface area (Å²) >= 11 is 1.49. The molecule has 0 amide bonds. The van der Waals surface area contributed by atoms with Crippen molar-refractivity contribution in [2.45, 2.75) is 38.6 Å². The standard InChI is InChI=1S/C16H26N4O2S2/c1-5-19(6-2)10-9-17-24(21,22)15-12-20(13(3)4)18-16(15)14-8-7-11-23-14/h7-8,11-13,17H,5-6,9-10H2,1-4H3. The van der Waals surface area contributed by atoms with E-state index in [9.17, 15) is 8.42 Å². The number of aromatic nitrogens is 2. The molecule has 0 aliphatic rings. The van der Waals surface area contributed by atoms with Gasteiger partial charge in [-0.25, -0.2) is 13.1 Å². The van der Waals surface area contributed by atoms with Gasteiger partial charge in [0, 0.05) is 25.3 Å². The Balaban J connectivity index is 2.25. The van der Waals surface area contributed by atoms with E-state index in [0.29, 0.717) is 18.8 Å². The molecule has 0 aromatic carbocycles. The molecule has 1 N–H and O–H groups in total. The van der Waals surface area contributed by atoms with Crippen LogP contribution in [0.3, 0.4) is 0 Å².